The average molecular weight is 404 g/mol. The van der Waals surface area contributed by atoms with Gasteiger partial charge in [0, 0.05) is 12.3 Å². The van der Waals surface area contributed by atoms with Crippen LogP contribution in [-0.4, -0.2) is 25.1 Å². The van der Waals surface area contributed by atoms with E-state index in [0.29, 0.717) is 5.56 Å². The van der Waals surface area contributed by atoms with Crippen LogP contribution in [0.5, 0.6) is 0 Å². The van der Waals surface area contributed by atoms with Gasteiger partial charge in [0.2, 0.25) is 0 Å². The lowest BCUT2D eigenvalue weighted by Gasteiger charge is -2.05. The number of allylic oxidation sites excluding steroid dienone is 2. The molecule has 0 radical (unpaired) electrons. The largest absolute Gasteiger partial charge is 0.744 e. The lowest BCUT2D eigenvalue weighted by atomic mass is 10.2. The van der Waals surface area contributed by atoms with Crippen LogP contribution in [0.4, 0.5) is 0 Å². The summed E-state index contributed by atoms with van der Waals surface area (Å²) < 4.78 is 33.0. The minimum Gasteiger partial charge on any atom is -0.744 e. The van der Waals surface area contributed by atoms with Gasteiger partial charge in [-0.3, -0.25) is 4.79 Å². The zero-order valence-corrected chi connectivity index (χ0v) is 17.2. The minimum atomic E-state index is -4.27. The van der Waals surface area contributed by atoms with Crippen LogP contribution >= 0.6 is 0 Å². The highest BCUT2D eigenvalue weighted by Crippen LogP contribution is 2.08. The molecule has 0 saturated heterocycles. The third-order valence-electron chi connectivity index (χ3n) is 3.47. The highest BCUT2D eigenvalue weighted by Gasteiger charge is 2.07. The Morgan fingerprint density at radius 1 is 1.25 bits per heavy atom. The van der Waals surface area contributed by atoms with E-state index in [9.17, 15) is 17.8 Å². The number of pyridine rings is 1. The Morgan fingerprint density at radius 2 is 1.89 bits per heavy atom. The summed E-state index contributed by atoms with van der Waals surface area (Å²) >= 11 is 0. The second-order valence-corrected chi connectivity index (χ2v) is 7.46. The van der Waals surface area contributed by atoms with Crippen molar-refractivity contribution in [3.63, 3.8) is 0 Å². The van der Waals surface area contributed by atoms with Gasteiger partial charge >= 0.3 is 0 Å². The molecule has 1 amide bonds. The third-order valence-corrected chi connectivity index (χ3v) is 4.32. The molecule has 1 heterocycles. The summed E-state index contributed by atoms with van der Waals surface area (Å²) in [6.45, 7) is 5.82. The van der Waals surface area contributed by atoms with Gasteiger partial charge in [-0.1, -0.05) is 30.7 Å². The Morgan fingerprint density at radius 3 is 2.43 bits per heavy atom. The number of aryl methyl sites for hydroxylation is 2. The zero-order valence-electron chi connectivity index (χ0n) is 16.4. The lowest BCUT2D eigenvalue weighted by Crippen LogP contribution is -2.29. The second-order valence-electron chi connectivity index (χ2n) is 6.08. The smallest absolute Gasteiger partial charge is 0.277 e. The quantitative estimate of drug-likeness (QED) is 0.358. The first-order valence-corrected chi connectivity index (χ1v) is 10.0. The maximum atomic E-state index is 11.7. The molecule has 8 heteroatoms. The summed E-state index contributed by atoms with van der Waals surface area (Å²) in [5.41, 5.74) is 5.04. The van der Waals surface area contributed by atoms with Crippen molar-refractivity contribution in [2.45, 2.75) is 32.1 Å². The Kier molecular flexibility index (Phi) is 9.20. The number of hydrogen-bond donors (Lipinski definition) is 1. The van der Waals surface area contributed by atoms with Crippen molar-refractivity contribution >= 4 is 22.2 Å². The number of nitrogens with zero attached hydrogens (tertiary/aromatic N) is 2. The van der Waals surface area contributed by atoms with Crippen molar-refractivity contribution in [1.29, 1.82) is 0 Å². The molecule has 1 aromatic carbocycles. The van der Waals surface area contributed by atoms with E-state index in [2.05, 4.69) is 17.5 Å². The average Bonchev–Trinajstić information content (AvgIpc) is 2.62. The molecule has 2 rings (SSSR count). The van der Waals surface area contributed by atoms with Gasteiger partial charge in [-0.15, -0.1) is 0 Å². The predicted octanol–water partition coefficient (Wildman–Crippen LogP) is 2.48. The van der Waals surface area contributed by atoms with E-state index in [1.807, 2.05) is 43.8 Å². The highest BCUT2D eigenvalue weighted by atomic mass is 32.2. The molecular weight excluding hydrogens is 378 g/mol. The molecule has 0 aliphatic heterocycles. The van der Waals surface area contributed by atoms with Gasteiger partial charge in [0.1, 0.15) is 22.7 Å². The number of nitrogens with one attached hydrogen (secondary N) is 1. The molecule has 1 aromatic heterocycles. The van der Waals surface area contributed by atoms with Crippen molar-refractivity contribution in [2.24, 2.45) is 12.1 Å². The Labute approximate surface area is 166 Å². The third kappa shape index (κ3) is 8.70. The number of amides is 1. The molecule has 0 aliphatic rings. The Balaban J connectivity index is 0.000000307. The van der Waals surface area contributed by atoms with Crippen LogP contribution in [0.2, 0.25) is 0 Å². The van der Waals surface area contributed by atoms with E-state index in [1.54, 1.807) is 30.6 Å². The minimum absolute atomic E-state index is 0.178. The maximum absolute atomic E-state index is 11.7. The fraction of sp³-hybridized carbons (Fsp3) is 0.250. The topological polar surface area (TPSA) is 103 Å². The number of benzene rings is 1. The molecule has 28 heavy (non-hydrogen) atoms. The van der Waals surface area contributed by atoms with Crippen molar-refractivity contribution in [2.75, 3.05) is 0 Å². The number of hydrazone groups is 1. The summed E-state index contributed by atoms with van der Waals surface area (Å²) in [6, 6.07) is 9.35. The molecule has 2 aromatic rings. The Bertz CT molecular complexity index is 950. The molecule has 1 N–H and O–H groups in total. The van der Waals surface area contributed by atoms with E-state index in [1.165, 1.54) is 12.1 Å². The first-order chi connectivity index (χ1) is 13.1. The van der Waals surface area contributed by atoms with E-state index in [4.69, 9.17) is 0 Å². The Hall–Kier alpha value is -2.84. The molecule has 0 saturated carbocycles. The normalized spacial score (nSPS) is 11.7. The number of carbonyl (C=O) groups excluding carboxylic acids is 1. The van der Waals surface area contributed by atoms with Crippen molar-refractivity contribution in [3.8, 4) is 0 Å². The number of carbonyl (C=O) groups is 1. The molecule has 0 atom stereocenters. The van der Waals surface area contributed by atoms with E-state index in [0.717, 1.165) is 17.6 Å². The van der Waals surface area contributed by atoms with Crippen LogP contribution in [0, 0.1) is 6.92 Å². The van der Waals surface area contributed by atoms with Gasteiger partial charge in [0.05, 0.1) is 4.90 Å². The predicted molar refractivity (Wildman–Crippen MR) is 107 cm³/mol. The zero-order chi connectivity index (χ0) is 21.2. The number of hydrogen-bond acceptors (Lipinski definition) is 5. The van der Waals surface area contributed by atoms with Crippen LogP contribution in [-0.2, 0) is 17.2 Å². The second kappa shape index (κ2) is 11.1. The van der Waals surface area contributed by atoms with Crippen LogP contribution in [0.15, 0.2) is 70.4 Å². The molecular formula is C20H25N3O4S. The fourth-order valence-electron chi connectivity index (χ4n) is 2.06. The highest BCUT2D eigenvalue weighted by molar-refractivity contribution is 7.85. The van der Waals surface area contributed by atoms with E-state index in [-0.39, 0.29) is 10.8 Å². The van der Waals surface area contributed by atoms with Gasteiger partial charge in [0.15, 0.2) is 12.4 Å². The van der Waals surface area contributed by atoms with Gasteiger partial charge in [-0.05, 0) is 44.0 Å². The standard InChI is InChI=1S/C13H17N3O.C7H8O3S/c1-4-6-11(2)9-14-15-13(17)12-7-5-8-16(3)10-12;1-6-2-4-7(5-3-6)11(8,9)10/h5-10H,4H2,1-3H3;2-5H,1H3,(H,8,9,10)/b11-6+,14-9-;. The van der Waals surface area contributed by atoms with Crippen LogP contribution in [0.1, 0.15) is 36.2 Å². The molecule has 150 valence electrons. The van der Waals surface area contributed by atoms with Crippen LogP contribution in [0.3, 0.4) is 0 Å². The summed E-state index contributed by atoms with van der Waals surface area (Å²) in [5, 5.41) is 3.89. The van der Waals surface area contributed by atoms with Gasteiger partial charge in [0.25, 0.3) is 5.91 Å². The maximum Gasteiger partial charge on any atom is 0.277 e. The van der Waals surface area contributed by atoms with Crippen molar-refractivity contribution < 1.29 is 22.3 Å². The molecule has 0 unspecified atom stereocenters. The number of rotatable bonds is 5. The van der Waals surface area contributed by atoms with Gasteiger partial charge < -0.3 is 4.55 Å². The van der Waals surface area contributed by atoms with Gasteiger partial charge in [-0.25, -0.2) is 18.4 Å². The summed E-state index contributed by atoms with van der Waals surface area (Å²) in [5.74, 6) is -0.207. The van der Waals surface area contributed by atoms with E-state index >= 15 is 0 Å². The first-order valence-electron chi connectivity index (χ1n) is 8.61. The monoisotopic (exact) mass is 403 g/mol. The summed E-state index contributed by atoms with van der Waals surface area (Å²) in [4.78, 5) is 11.5. The first kappa shape index (κ1) is 23.2. The van der Waals surface area contributed by atoms with Crippen LogP contribution in [0.25, 0.3) is 0 Å². The molecule has 0 aliphatic carbocycles. The van der Waals surface area contributed by atoms with Crippen LogP contribution < -0.4 is 9.99 Å². The summed E-state index contributed by atoms with van der Waals surface area (Å²) in [7, 11) is -2.40. The van der Waals surface area contributed by atoms with E-state index < -0.39 is 10.1 Å². The molecule has 0 bridgehead atoms. The lowest BCUT2D eigenvalue weighted by molar-refractivity contribution is -0.671. The molecule has 7 nitrogen and oxygen atoms in total. The SMILES string of the molecule is CC/C=C(C)/C=N\NC(=O)c1ccc[n+](C)c1.Cc1ccc(S(=O)(=O)[O-])cc1. The van der Waals surface area contributed by atoms with Gasteiger partial charge in [-0.2, -0.15) is 5.10 Å². The van der Waals surface area contributed by atoms with Crippen molar-refractivity contribution in [3.05, 3.63) is 71.6 Å². The van der Waals surface area contributed by atoms with Crippen molar-refractivity contribution in [1.82, 2.24) is 5.43 Å². The fourth-order valence-corrected chi connectivity index (χ4v) is 2.53. The molecule has 0 spiro atoms. The molecule has 0 fully saturated rings. The number of aromatic nitrogens is 1. The summed E-state index contributed by atoms with van der Waals surface area (Å²) in [6.07, 6.45) is 8.26.